The molecular formula is C17H24N2O2. The van der Waals surface area contributed by atoms with Crippen molar-refractivity contribution in [1.29, 1.82) is 0 Å². The minimum absolute atomic E-state index is 0.0743. The number of furan rings is 1. The molecule has 1 unspecified atom stereocenters. The molecule has 1 aliphatic carbocycles. The third-order valence-corrected chi connectivity index (χ3v) is 4.40. The first-order valence-electron chi connectivity index (χ1n) is 7.77. The molecule has 0 aliphatic heterocycles. The largest absolute Gasteiger partial charge is 0.459 e. The molecule has 1 aromatic heterocycles. The second kappa shape index (κ2) is 6.18. The van der Waals surface area contributed by atoms with E-state index in [-0.39, 0.29) is 6.04 Å². The molecule has 0 amide bonds. The van der Waals surface area contributed by atoms with Crippen molar-refractivity contribution in [1.82, 2.24) is 5.43 Å². The molecule has 3 rings (SSSR count). The van der Waals surface area contributed by atoms with Crippen molar-refractivity contribution in [2.24, 2.45) is 11.8 Å². The van der Waals surface area contributed by atoms with Gasteiger partial charge in [0.15, 0.2) is 0 Å². The number of hydrogen-bond acceptors (Lipinski definition) is 4. The van der Waals surface area contributed by atoms with Gasteiger partial charge in [-0.2, -0.15) is 0 Å². The van der Waals surface area contributed by atoms with Crippen LogP contribution in [0.4, 0.5) is 0 Å². The number of rotatable bonds is 6. The third kappa shape index (κ3) is 3.12. The highest BCUT2D eigenvalue weighted by atomic mass is 16.5. The quantitative estimate of drug-likeness (QED) is 0.631. The molecule has 4 nitrogen and oxygen atoms in total. The van der Waals surface area contributed by atoms with Crippen LogP contribution in [-0.4, -0.2) is 12.7 Å². The Balaban J connectivity index is 1.67. The minimum atomic E-state index is 0.0743. The number of hydrogen-bond donors (Lipinski definition) is 2. The van der Waals surface area contributed by atoms with E-state index in [2.05, 4.69) is 30.5 Å². The molecule has 3 N–H and O–H groups in total. The van der Waals surface area contributed by atoms with Crippen LogP contribution >= 0.6 is 0 Å². The highest BCUT2D eigenvalue weighted by Gasteiger charge is 2.32. The zero-order chi connectivity index (χ0) is 14.8. The van der Waals surface area contributed by atoms with Crippen LogP contribution in [0.1, 0.15) is 43.6 Å². The van der Waals surface area contributed by atoms with Gasteiger partial charge in [0.25, 0.3) is 0 Å². The lowest BCUT2D eigenvalue weighted by molar-refractivity contribution is -0.0296. The molecule has 1 heterocycles. The van der Waals surface area contributed by atoms with Crippen molar-refractivity contribution < 1.29 is 9.15 Å². The van der Waals surface area contributed by atoms with Crippen LogP contribution in [0, 0.1) is 12.8 Å². The molecule has 21 heavy (non-hydrogen) atoms. The van der Waals surface area contributed by atoms with Gasteiger partial charge in [-0.1, -0.05) is 11.6 Å². The van der Waals surface area contributed by atoms with E-state index < -0.39 is 0 Å². The van der Waals surface area contributed by atoms with E-state index in [1.807, 2.05) is 13.0 Å². The summed E-state index contributed by atoms with van der Waals surface area (Å²) < 4.78 is 11.6. The molecule has 1 saturated carbocycles. The minimum Gasteiger partial charge on any atom is -0.459 e. The van der Waals surface area contributed by atoms with Crippen molar-refractivity contribution in [3.05, 3.63) is 35.6 Å². The van der Waals surface area contributed by atoms with E-state index in [0.29, 0.717) is 12.0 Å². The molecular weight excluding hydrogens is 264 g/mol. The molecule has 0 bridgehead atoms. The van der Waals surface area contributed by atoms with Crippen molar-refractivity contribution in [2.45, 2.75) is 45.3 Å². The van der Waals surface area contributed by atoms with Crippen molar-refractivity contribution in [3.63, 3.8) is 0 Å². The Kier molecular flexibility index (Phi) is 4.29. The summed E-state index contributed by atoms with van der Waals surface area (Å²) in [5.41, 5.74) is 5.07. The number of fused-ring (bicyclic) bond motifs is 1. The van der Waals surface area contributed by atoms with E-state index in [4.69, 9.17) is 15.0 Å². The van der Waals surface area contributed by atoms with Gasteiger partial charge in [-0.15, -0.1) is 0 Å². The number of aryl methyl sites for hydroxylation is 1. The molecule has 0 saturated heterocycles. The average Bonchev–Trinajstić information content (AvgIpc) is 2.83. The van der Waals surface area contributed by atoms with E-state index >= 15 is 0 Å². The number of ether oxygens (including phenoxy) is 1. The molecule has 4 heteroatoms. The standard InChI is InChI=1S/C17H24N2O2/c1-3-20-14-7-12(8-14)9-15(19-18)17-10-13-6-11(2)4-5-16(13)21-17/h4-6,10,12,14-15,19H,3,7-9,18H2,1-2H3. The molecule has 1 aliphatic rings. The van der Waals surface area contributed by atoms with Gasteiger partial charge in [0.2, 0.25) is 0 Å². The van der Waals surface area contributed by atoms with Gasteiger partial charge < -0.3 is 9.15 Å². The SMILES string of the molecule is CCOC1CC(CC(NN)c2cc3cc(C)ccc3o2)C1. The molecule has 0 spiro atoms. The lowest BCUT2D eigenvalue weighted by atomic mass is 9.78. The third-order valence-electron chi connectivity index (χ3n) is 4.40. The first kappa shape index (κ1) is 14.6. The number of benzene rings is 1. The normalized spacial score (nSPS) is 23.2. The Morgan fingerprint density at radius 3 is 2.90 bits per heavy atom. The van der Waals surface area contributed by atoms with Gasteiger partial charge in [0.1, 0.15) is 11.3 Å². The molecule has 2 aromatic rings. The van der Waals surface area contributed by atoms with Gasteiger partial charge in [-0.3, -0.25) is 5.84 Å². The van der Waals surface area contributed by atoms with Crippen LogP contribution in [0.2, 0.25) is 0 Å². The fraction of sp³-hybridized carbons (Fsp3) is 0.529. The van der Waals surface area contributed by atoms with Crippen LogP contribution in [0.5, 0.6) is 0 Å². The molecule has 1 aromatic carbocycles. The second-order valence-corrected chi connectivity index (χ2v) is 6.06. The van der Waals surface area contributed by atoms with Crippen molar-refractivity contribution in [2.75, 3.05) is 6.61 Å². The Morgan fingerprint density at radius 1 is 1.38 bits per heavy atom. The Bertz CT molecular complexity index is 602. The zero-order valence-electron chi connectivity index (χ0n) is 12.8. The van der Waals surface area contributed by atoms with E-state index in [9.17, 15) is 0 Å². The molecule has 1 atom stereocenters. The Hall–Kier alpha value is -1.36. The maximum absolute atomic E-state index is 5.95. The van der Waals surface area contributed by atoms with Gasteiger partial charge in [-0.05, 0) is 57.2 Å². The van der Waals surface area contributed by atoms with Gasteiger partial charge in [-0.25, -0.2) is 5.43 Å². The molecule has 1 fully saturated rings. The summed E-state index contributed by atoms with van der Waals surface area (Å²) in [6.45, 7) is 4.94. The fourth-order valence-corrected chi connectivity index (χ4v) is 3.19. The van der Waals surface area contributed by atoms with Gasteiger partial charge in [0.05, 0.1) is 12.1 Å². The first-order chi connectivity index (χ1) is 10.2. The average molecular weight is 288 g/mol. The van der Waals surface area contributed by atoms with Gasteiger partial charge in [0, 0.05) is 12.0 Å². The highest BCUT2D eigenvalue weighted by molar-refractivity contribution is 5.78. The lowest BCUT2D eigenvalue weighted by Gasteiger charge is -2.36. The Labute approximate surface area is 125 Å². The summed E-state index contributed by atoms with van der Waals surface area (Å²) in [5, 5.41) is 1.14. The summed E-state index contributed by atoms with van der Waals surface area (Å²) in [6, 6.07) is 8.41. The van der Waals surface area contributed by atoms with Gasteiger partial charge >= 0.3 is 0 Å². The maximum Gasteiger partial charge on any atom is 0.134 e. The van der Waals surface area contributed by atoms with E-state index in [1.54, 1.807) is 0 Å². The first-order valence-corrected chi connectivity index (χ1v) is 7.77. The van der Waals surface area contributed by atoms with E-state index in [0.717, 1.165) is 42.6 Å². The predicted molar refractivity (Wildman–Crippen MR) is 83.8 cm³/mol. The van der Waals surface area contributed by atoms with Crippen LogP contribution in [0.15, 0.2) is 28.7 Å². The Morgan fingerprint density at radius 2 is 2.19 bits per heavy atom. The lowest BCUT2D eigenvalue weighted by Crippen LogP contribution is -2.36. The summed E-state index contributed by atoms with van der Waals surface area (Å²) in [5.74, 6) is 7.33. The fourth-order valence-electron chi connectivity index (χ4n) is 3.19. The number of hydrazine groups is 1. The predicted octanol–water partition coefficient (Wildman–Crippen LogP) is 3.45. The summed E-state index contributed by atoms with van der Waals surface area (Å²) in [7, 11) is 0. The number of nitrogens with one attached hydrogen (secondary N) is 1. The maximum atomic E-state index is 5.95. The van der Waals surface area contributed by atoms with Crippen LogP contribution in [-0.2, 0) is 4.74 Å². The smallest absolute Gasteiger partial charge is 0.134 e. The summed E-state index contributed by atoms with van der Waals surface area (Å²) in [4.78, 5) is 0. The van der Waals surface area contributed by atoms with Crippen molar-refractivity contribution >= 4 is 11.0 Å². The molecule has 0 radical (unpaired) electrons. The summed E-state index contributed by atoms with van der Waals surface area (Å²) in [6.07, 6.45) is 3.70. The highest BCUT2D eigenvalue weighted by Crippen LogP contribution is 2.37. The van der Waals surface area contributed by atoms with Crippen LogP contribution < -0.4 is 11.3 Å². The molecule has 114 valence electrons. The van der Waals surface area contributed by atoms with Crippen molar-refractivity contribution in [3.8, 4) is 0 Å². The van der Waals surface area contributed by atoms with E-state index in [1.165, 1.54) is 5.56 Å². The number of nitrogens with two attached hydrogens (primary N) is 1. The van der Waals surface area contributed by atoms with Crippen LogP contribution in [0.3, 0.4) is 0 Å². The monoisotopic (exact) mass is 288 g/mol. The second-order valence-electron chi connectivity index (χ2n) is 6.06. The zero-order valence-corrected chi connectivity index (χ0v) is 12.8. The summed E-state index contributed by atoms with van der Waals surface area (Å²) >= 11 is 0. The van der Waals surface area contributed by atoms with Crippen LogP contribution in [0.25, 0.3) is 11.0 Å². The topological polar surface area (TPSA) is 60.4 Å².